The number of piperidine rings is 1. The smallest absolute Gasteiger partial charge is 0.251 e. The van der Waals surface area contributed by atoms with Crippen molar-refractivity contribution in [3.63, 3.8) is 0 Å². The van der Waals surface area contributed by atoms with Crippen LogP contribution in [0.15, 0.2) is 48.8 Å². The van der Waals surface area contributed by atoms with Crippen LogP contribution in [0.3, 0.4) is 0 Å². The summed E-state index contributed by atoms with van der Waals surface area (Å²) in [6.45, 7) is 1.76. The van der Waals surface area contributed by atoms with E-state index in [0.29, 0.717) is 26.1 Å². The fraction of sp³-hybridized carbons (Fsp3) is 0.480. The Morgan fingerprint density at radius 2 is 2.03 bits per heavy atom. The number of benzene rings is 1. The van der Waals surface area contributed by atoms with Gasteiger partial charge in [0.2, 0.25) is 5.91 Å². The molecule has 2 aliphatic heterocycles. The van der Waals surface area contributed by atoms with Crippen LogP contribution in [0.1, 0.15) is 31.2 Å². The fourth-order valence-corrected chi connectivity index (χ4v) is 5.01. The van der Waals surface area contributed by atoms with E-state index in [-0.39, 0.29) is 17.9 Å². The SMILES string of the molecule is CN(C)C(=O)[C@]1(Cc2ccccc2-c2cccnc2)CCCN(C(=O)[C@H]2CCCO2)C1. The van der Waals surface area contributed by atoms with Crippen LogP contribution < -0.4 is 0 Å². The lowest BCUT2D eigenvalue weighted by molar-refractivity contribution is -0.151. The van der Waals surface area contributed by atoms with Crippen LogP contribution >= 0.6 is 0 Å². The Bertz CT molecular complexity index is 925. The van der Waals surface area contributed by atoms with Gasteiger partial charge in [0.25, 0.3) is 5.91 Å². The van der Waals surface area contributed by atoms with E-state index < -0.39 is 5.41 Å². The highest BCUT2D eigenvalue weighted by Crippen LogP contribution is 2.38. The van der Waals surface area contributed by atoms with Crippen LogP contribution in [0.4, 0.5) is 0 Å². The summed E-state index contributed by atoms with van der Waals surface area (Å²) in [5.74, 6) is 0.118. The number of aromatic nitrogens is 1. The Morgan fingerprint density at radius 3 is 2.74 bits per heavy atom. The second-order valence-corrected chi connectivity index (χ2v) is 8.92. The number of likely N-dealkylation sites (tertiary alicyclic amines) is 1. The molecular formula is C25H31N3O3. The van der Waals surface area contributed by atoms with Crippen molar-refractivity contribution in [2.75, 3.05) is 33.8 Å². The first-order valence-corrected chi connectivity index (χ1v) is 11.1. The van der Waals surface area contributed by atoms with E-state index in [1.807, 2.05) is 35.4 Å². The third-order valence-electron chi connectivity index (χ3n) is 6.47. The van der Waals surface area contributed by atoms with Gasteiger partial charge in [0.1, 0.15) is 6.10 Å². The molecule has 4 rings (SSSR count). The molecule has 1 aromatic carbocycles. The molecule has 2 aliphatic rings. The summed E-state index contributed by atoms with van der Waals surface area (Å²) < 4.78 is 5.65. The quantitative estimate of drug-likeness (QED) is 0.744. The van der Waals surface area contributed by atoms with Crippen molar-refractivity contribution in [2.45, 2.75) is 38.2 Å². The average Bonchev–Trinajstić information content (AvgIpc) is 3.34. The van der Waals surface area contributed by atoms with E-state index in [1.165, 1.54) is 0 Å². The third-order valence-corrected chi connectivity index (χ3v) is 6.47. The highest BCUT2D eigenvalue weighted by Gasteiger charge is 2.45. The minimum absolute atomic E-state index is 0.0358. The molecule has 6 nitrogen and oxygen atoms in total. The zero-order valence-corrected chi connectivity index (χ0v) is 18.4. The van der Waals surface area contributed by atoms with Gasteiger partial charge < -0.3 is 14.5 Å². The standard InChI is InChI=1S/C25H31N3O3/c1-27(2)24(30)25(12-7-14-28(18-25)23(29)22-11-6-15-31-22)16-19-8-3-4-10-21(19)20-9-5-13-26-17-20/h3-5,8-10,13,17,22H,6-7,11-12,14-16,18H2,1-2H3/t22-,25+/m1/s1. The van der Waals surface area contributed by atoms with E-state index in [1.54, 1.807) is 25.2 Å². The number of rotatable bonds is 5. The number of hydrogen-bond acceptors (Lipinski definition) is 4. The first-order valence-electron chi connectivity index (χ1n) is 11.1. The van der Waals surface area contributed by atoms with Crippen LogP contribution in [0.25, 0.3) is 11.1 Å². The molecule has 1 aromatic heterocycles. The van der Waals surface area contributed by atoms with Gasteiger partial charge in [-0.2, -0.15) is 0 Å². The molecule has 0 spiro atoms. The maximum Gasteiger partial charge on any atom is 0.251 e. The summed E-state index contributed by atoms with van der Waals surface area (Å²) in [6, 6.07) is 12.2. The molecular weight excluding hydrogens is 390 g/mol. The third kappa shape index (κ3) is 4.49. The first kappa shape index (κ1) is 21.5. The molecule has 6 heteroatoms. The van der Waals surface area contributed by atoms with E-state index in [9.17, 15) is 9.59 Å². The van der Waals surface area contributed by atoms with Crippen molar-refractivity contribution < 1.29 is 14.3 Å². The van der Waals surface area contributed by atoms with Gasteiger partial charge in [-0.3, -0.25) is 14.6 Å². The number of pyridine rings is 1. The molecule has 0 radical (unpaired) electrons. The molecule has 164 valence electrons. The summed E-state index contributed by atoms with van der Waals surface area (Å²) in [5.41, 5.74) is 2.59. The summed E-state index contributed by atoms with van der Waals surface area (Å²) >= 11 is 0. The Labute approximate surface area is 184 Å². The normalized spacial score (nSPS) is 23.5. The lowest BCUT2D eigenvalue weighted by Crippen LogP contribution is -2.55. The van der Waals surface area contributed by atoms with Crippen molar-refractivity contribution in [3.05, 3.63) is 54.4 Å². The summed E-state index contributed by atoms with van der Waals surface area (Å²) in [5, 5.41) is 0. The van der Waals surface area contributed by atoms with E-state index in [0.717, 1.165) is 42.4 Å². The second-order valence-electron chi connectivity index (χ2n) is 8.92. The largest absolute Gasteiger partial charge is 0.368 e. The second kappa shape index (κ2) is 9.18. The number of ether oxygens (including phenoxy) is 1. The van der Waals surface area contributed by atoms with Gasteiger partial charge >= 0.3 is 0 Å². The minimum atomic E-state index is -0.645. The molecule has 2 aromatic rings. The van der Waals surface area contributed by atoms with Gasteiger partial charge in [0, 0.05) is 51.7 Å². The molecule has 2 amide bonds. The van der Waals surface area contributed by atoms with Crippen LogP contribution in [-0.4, -0.2) is 66.5 Å². The van der Waals surface area contributed by atoms with Gasteiger partial charge in [0.15, 0.2) is 0 Å². The summed E-state index contributed by atoms with van der Waals surface area (Å²) in [4.78, 5) is 34.4. The minimum Gasteiger partial charge on any atom is -0.368 e. The lowest BCUT2D eigenvalue weighted by Gasteiger charge is -2.44. The van der Waals surface area contributed by atoms with Crippen molar-refractivity contribution in [3.8, 4) is 11.1 Å². The number of amides is 2. The molecule has 2 fully saturated rings. The summed E-state index contributed by atoms with van der Waals surface area (Å²) in [7, 11) is 3.61. The zero-order valence-electron chi connectivity index (χ0n) is 18.4. The Balaban J connectivity index is 1.66. The van der Waals surface area contributed by atoms with Gasteiger partial charge in [-0.05, 0) is 49.3 Å². The maximum atomic E-state index is 13.5. The molecule has 0 saturated carbocycles. The van der Waals surface area contributed by atoms with Gasteiger partial charge in [-0.15, -0.1) is 0 Å². The zero-order chi connectivity index (χ0) is 21.8. The van der Waals surface area contributed by atoms with Gasteiger partial charge in [-0.1, -0.05) is 30.3 Å². The van der Waals surface area contributed by atoms with E-state index in [2.05, 4.69) is 17.1 Å². The van der Waals surface area contributed by atoms with E-state index in [4.69, 9.17) is 4.74 Å². The van der Waals surface area contributed by atoms with Crippen LogP contribution in [-0.2, 0) is 20.7 Å². The van der Waals surface area contributed by atoms with Crippen LogP contribution in [0.5, 0.6) is 0 Å². The maximum absolute atomic E-state index is 13.5. The Morgan fingerprint density at radius 1 is 1.19 bits per heavy atom. The Kier molecular flexibility index (Phi) is 6.37. The molecule has 0 aliphatic carbocycles. The highest BCUT2D eigenvalue weighted by atomic mass is 16.5. The monoisotopic (exact) mass is 421 g/mol. The fourth-order valence-electron chi connectivity index (χ4n) is 5.01. The lowest BCUT2D eigenvalue weighted by atomic mass is 9.72. The topological polar surface area (TPSA) is 62.7 Å². The molecule has 0 unspecified atom stereocenters. The van der Waals surface area contributed by atoms with E-state index >= 15 is 0 Å². The first-order chi connectivity index (χ1) is 15.0. The molecule has 31 heavy (non-hydrogen) atoms. The highest BCUT2D eigenvalue weighted by molar-refractivity contribution is 5.86. The van der Waals surface area contributed by atoms with Crippen molar-refractivity contribution in [2.24, 2.45) is 5.41 Å². The molecule has 0 bridgehead atoms. The number of hydrogen-bond donors (Lipinski definition) is 0. The van der Waals surface area contributed by atoms with Crippen LogP contribution in [0.2, 0.25) is 0 Å². The number of nitrogens with zero attached hydrogens (tertiary/aromatic N) is 3. The van der Waals surface area contributed by atoms with Crippen molar-refractivity contribution in [1.29, 1.82) is 0 Å². The van der Waals surface area contributed by atoms with Crippen molar-refractivity contribution in [1.82, 2.24) is 14.8 Å². The van der Waals surface area contributed by atoms with Crippen molar-refractivity contribution >= 4 is 11.8 Å². The van der Waals surface area contributed by atoms with Crippen LogP contribution in [0, 0.1) is 5.41 Å². The predicted octanol–water partition coefficient (Wildman–Crippen LogP) is 3.17. The number of carbonyl (C=O) groups is 2. The van der Waals surface area contributed by atoms with Gasteiger partial charge in [0.05, 0.1) is 5.41 Å². The predicted molar refractivity (Wildman–Crippen MR) is 119 cm³/mol. The molecule has 0 N–H and O–H groups in total. The molecule has 3 heterocycles. The number of carbonyl (C=O) groups excluding carboxylic acids is 2. The van der Waals surface area contributed by atoms with Gasteiger partial charge in [-0.25, -0.2) is 0 Å². The summed E-state index contributed by atoms with van der Waals surface area (Å²) in [6.07, 6.45) is 7.12. The molecule has 2 atom stereocenters. The average molecular weight is 422 g/mol. The Hall–Kier alpha value is -2.73. The molecule has 2 saturated heterocycles.